The third-order valence-electron chi connectivity index (χ3n) is 4.57. The number of nitrogens with zero attached hydrogens (tertiary/aromatic N) is 2. The number of aromatic amines is 1. The number of hydrogen-bond acceptors (Lipinski definition) is 4. The molecule has 0 radical (unpaired) electrons. The fourth-order valence-electron chi connectivity index (χ4n) is 3.34. The van der Waals surface area contributed by atoms with E-state index in [0.717, 1.165) is 6.42 Å². The first-order valence-electron chi connectivity index (χ1n) is 7.86. The van der Waals surface area contributed by atoms with Crippen molar-refractivity contribution in [3.05, 3.63) is 29.6 Å². The zero-order valence-electron chi connectivity index (χ0n) is 12.9. The highest BCUT2D eigenvalue weighted by molar-refractivity contribution is 6.05. The summed E-state index contributed by atoms with van der Waals surface area (Å²) in [6.07, 6.45) is -1.96. The number of imidazole rings is 1. The van der Waals surface area contributed by atoms with Crippen LogP contribution in [0.4, 0.5) is 8.78 Å². The van der Waals surface area contributed by atoms with E-state index in [0.29, 0.717) is 44.0 Å². The Balaban J connectivity index is 1.65. The Hall–Kier alpha value is -2.06. The summed E-state index contributed by atoms with van der Waals surface area (Å²) in [5.41, 5.74) is 0.595. The number of alkyl halides is 2. The molecule has 2 aromatic rings. The molecule has 2 fully saturated rings. The van der Waals surface area contributed by atoms with E-state index in [-0.39, 0.29) is 11.4 Å². The van der Waals surface area contributed by atoms with Gasteiger partial charge < -0.3 is 19.4 Å². The Bertz CT molecular complexity index is 771. The summed E-state index contributed by atoms with van der Waals surface area (Å²) in [6, 6.07) is 4.92. The first-order chi connectivity index (χ1) is 11.6. The van der Waals surface area contributed by atoms with Crippen LogP contribution in [-0.4, -0.2) is 59.3 Å². The summed E-state index contributed by atoms with van der Waals surface area (Å²) in [7, 11) is 0. The van der Waals surface area contributed by atoms with Gasteiger partial charge in [-0.3, -0.25) is 4.79 Å². The molecule has 1 N–H and O–H groups in total. The predicted octanol–water partition coefficient (Wildman–Crippen LogP) is 2.13. The van der Waals surface area contributed by atoms with Gasteiger partial charge in [0.05, 0.1) is 30.8 Å². The van der Waals surface area contributed by atoms with Crippen LogP contribution in [0.2, 0.25) is 0 Å². The fourth-order valence-corrected chi connectivity index (χ4v) is 3.34. The third-order valence-corrected chi connectivity index (χ3v) is 4.57. The number of carbonyl (C=O) groups excluding carboxylic acids is 1. The van der Waals surface area contributed by atoms with E-state index in [1.54, 1.807) is 23.1 Å². The first-order valence-corrected chi connectivity index (χ1v) is 7.86. The molecule has 0 saturated carbocycles. The molecule has 24 heavy (non-hydrogen) atoms. The number of morpholine rings is 1. The molecule has 6 nitrogen and oxygen atoms in total. The van der Waals surface area contributed by atoms with Crippen molar-refractivity contribution < 1.29 is 23.0 Å². The van der Waals surface area contributed by atoms with Gasteiger partial charge >= 0.3 is 0 Å². The number of benzene rings is 1. The van der Waals surface area contributed by atoms with Crippen LogP contribution in [0, 0.1) is 0 Å². The van der Waals surface area contributed by atoms with E-state index in [9.17, 15) is 13.6 Å². The number of aromatic nitrogens is 2. The lowest BCUT2D eigenvalue weighted by molar-refractivity contribution is -0.0995. The minimum absolute atomic E-state index is 0.220. The molecule has 0 bridgehead atoms. The molecule has 0 aliphatic carbocycles. The van der Waals surface area contributed by atoms with E-state index in [4.69, 9.17) is 9.47 Å². The van der Waals surface area contributed by atoms with Gasteiger partial charge in [-0.2, -0.15) is 0 Å². The maximum atomic E-state index is 12.9. The van der Waals surface area contributed by atoms with Gasteiger partial charge in [0.25, 0.3) is 12.3 Å². The topological polar surface area (TPSA) is 67.5 Å². The summed E-state index contributed by atoms with van der Waals surface area (Å²) < 4.78 is 37.0. The second-order valence-corrected chi connectivity index (χ2v) is 6.19. The van der Waals surface area contributed by atoms with E-state index in [1.807, 2.05) is 0 Å². The van der Waals surface area contributed by atoms with E-state index in [1.165, 1.54) is 0 Å². The van der Waals surface area contributed by atoms with Crippen molar-refractivity contribution in [3.8, 4) is 0 Å². The van der Waals surface area contributed by atoms with Gasteiger partial charge in [0.15, 0.2) is 5.82 Å². The summed E-state index contributed by atoms with van der Waals surface area (Å²) >= 11 is 0. The van der Waals surface area contributed by atoms with Gasteiger partial charge in [-0.05, 0) is 12.1 Å². The Labute approximate surface area is 136 Å². The van der Waals surface area contributed by atoms with Crippen LogP contribution >= 0.6 is 0 Å². The standard InChI is InChI=1S/C16H17F2N3O3/c17-13(18)14-19-11-3-1-2-10(12(11)20-14)15(22)21-5-7-24-16(8-21)4-6-23-9-16/h1-3,13H,4-9H2,(H,19,20). The molecule has 2 saturated heterocycles. The average Bonchev–Trinajstić information content (AvgIpc) is 3.21. The molecule has 1 atom stereocenters. The van der Waals surface area contributed by atoms with Crippen molar-refractivity contribution in [3.63, 3.8) is 0 Å². The van der Waals surface area contributed by atoms with Gasteiger partial charge in [-0.25, -0.2) is 13.8 Å². The van der Waals surface area contributed by atoms with Crippen molar-refractivity contribution in [2.24, 2.45) is 0 Å². The molecule has 128 valence electrons. The molecule has 8 heteroatoms. The van der Waals surface area contributed by atoms with Crippen LogP contribution in [0.1, 0.15) is 29.0 Å². The number of rotatable bonds is 2. The number of carbonyl (C=O) groups is 1. The maximum Gasteiger partial charge on any atom is 0.295 e. The smallest absolute Gasteiger partial charge is 0.295 e. The van der Waals surface area contributed by atoms with Crippen LogP contribution in [-0.2, 0) is 9.47 Å². The van der Waals surface area contributed by atoms with Crippen molar-refractivity contribution >= 4 is 16.9 Å². The minimum atomic E-state index is -2.71. The van der Waals surface area contributed by atoms with Gasteiger partial charge in [-0.1, -0.05) is 6.07 Å². The Kier molecular flexibility index (Phi) is 3.73. The van der Waals surface area contributed by atoms with Gasteiger partial charge in [0.1, 0.15) is 11.1 Å². The van der Waals surface area contributed by atoms with Crippen LogP contribution in [0.3, 0.4) is 0 Å². The minimum Gasteiger partial charge on any atom is -0.378 e. The number of fused-ring (bicyclic) bond motifs is 1. The second-order valence-electron chi connectivity index (χ2n) is 6.19. The molecule has 2 aliphatic heterocycles. The Morgan fingerprint density at radius 3 is 3.00 bits per heavy atom. The average molecular weight is 337 g/mol. The molecule has 1 aromatic carbocycles. The van der Waals surface area contributed by atoms with E-state index >= 15 is 0 Å². The van der Waals surface area contributed by atoms with Crippen LogP contribution in [0.25, 0.3) is 11.0 Å². The van der Waals surface area contributed by atoms with Crippen LogP contribution in [0.15, 0.2) is 18.2 Å². The summed E-state index contributed by atoms with van der Waals surface area (Å²) in [6.45, 7) is 2.43. The zero-order chi connectivity index (χ0) is 16.7. The SMILES string of the molecule is O=C(c1cccc2[nH]c(C(F)F)nc12)N1CCOC2(CCOC2)C1. The number of halogens is 2. The van der Waals surface area contributed by atoms with Gasteiger partial charge in [0, 0.05) is 19.6 Å². The number of H-pyrrole nitrogens is 1. The lowest BCUT2D eigenvalue weighted by atomic mass is 10.00. The monoisotopic (exact) mass is 337 g/mol. The summed E-state index contributed by atoms with van der Waals surface area (Å²) in [5, 5.41) is 0. The molecule has 1 amide bonds. The van der Waals surface area contributed by atoms with E-state index < -0.39 is 17.9 Å². The molecule has 4 rings (SSSR count). The van der Waals surface area contributed by atoms with Crippen LogP contribution < -0.4 is 0 Å². The molecule has 1 aromatic heterocycles. The number of ether oxygens (including phenoxy) is 2. The summed E-state index contributed by atoms with van der Waals surface area (Å²) in [4.78, 5) is 21.1. The van der Waals surface area contributed by atoms with Crippen molar-refractivity contribution in [1.29, 1.82) is 0 Å². The highest BCUT2D eigenvalue weighted by atomic mass is 19.3. The molecular weight excluding hydrogens is 320 g/mol. The number of hydrogen-bond donors (Lipinski definition) is 1. The Morgan fingerprint density at radius 2 is 2.25 bits per heavy atom. The normalized spacial score (nSPS) is 24.4. The molecule has 2 aliphatic rings. The second kappa shape index (κ2) is 5.78. The number of para-hydroxylation sites is 1. The van der Waals surface area contributed by atoms with Crippen molar-refractivity contribution in [2.75, 3.05) is 32.9 Å². The lowest BCUT2D eigenvalue weighted by Crippen LogP contribution is -2.54. The zero-order valence-corrected chi connectivity index (χ0v) is 12.9. The van der Waals surface area contributed by atoms with Gasteiger partial charge in [0.2, 0.25) is 0 Å². The number of amides is 1. The molecule has 3 heterocycles. The fraction of sp³-hybridized carbons (Fsp3) is 0.500. The first kappa shape index (κ1) is 15.5. The highest BCUT2D eigenvalue weighted by Crippen LogP contribution is 2.29. The lowest BCUT2D eigenvalue weighted by Gasteiger charge is -2.39. The van der Waals surface area contributed by atoms with Crippen LogP contribution in [0.5, 0.6) is 0 Å². The van der Waals surface area contributed by atoms with Gasteiger partial charge in [-0.15, -0.1) is 0 Å². The Morgan fingerprint density at radius 1 is 1.38 bits per heavy atom. The molecular formula is C16H17F2N3O3. The van der Waals surface area contributed by atoms with E-state index in [2.05, 4.69) is 9.97 Å². The number of nitrogens with one attached hydrogen (secondary N) is 1. The quantitative estimate of drug-likeness (QED) is 0.912. The summed E-state index contributed by atoms with van der Waals surface area (Å²) in [5.74, 6) is -0.643. The third kappa shape index (κ3) is 2.55. The van der Waals surface area contributed by atoms with Crippen molar-refractivity contribution in [2.45, 2.75) is 18.4 Å². The van der Waals surface area contributed by atoms with Crippen molar-refractivity contribution in [1.82, 2.24) is 14.9 Å². The highest BCUT2D eigenvalue weighted by Gasteiger charge is 2.42. The largest absolute Gasteiger partial charge is 0.378 e. The predicted molar refractivity (Wildman–Crippen MR) is 81.1 cm³/mol. The molecule has 1 spiro atoms. The molecule has 1 unspecified atom stereocenters. The maximum absolute atomic E-state index is 12.9.